The zero-order valence-electron chi connectivity index (χ0n) is 13.1. The first-order valence-corrected chi connectivity index (χ1v) is 7.14. The molecule has 2 rings (SSSR count). The SMILES string of the molecule is COCCCNC(=O)c1cc(C)n(-c2cccc(OC)c2)n1. The fourth-order valence-electron chi connectivity index (χ4n) is 2.10. The summed E-state index contributed by atoms with van der Waals surface area (Å²) in [6.45, 7) is 3.10. The molecule has 6 nitrogen and oxygen atoms in total. The van der Waals surface area contributed by atoms with Gasteiger partial charge in [0.2, 0.25) is 0 Å². The average Bonchev–Trinajstić information content (AvgIpc) is 2.93. The number of nitrogens with zero attached hydrogens (tertiary/aromatic N) is 2. The molecule has 0 saturated heterocycles. The van der Waals surface area contributed by atoms with Gasteiger partial charge in [-0.05, 0) is 31.5 Å². The molecule has 0 aliphatic carbocycles. The molecule has 0 saturated carbocycles. The highest BCUT2D eigenvalue weighted by Gasteiger charge is 2.13. The van der Waals surface area contributed by atoms with Crippen molar-refractivity contribution in [2.24, 2.45) is 0 Å². The lowest BCUT2D eigenvalue weighted by Gasteiger charge is -2.06. The topological polar surface area (TPSA) is 65.4 Å². The largest absolute Gasteiger partial charge is 0.497 e. The Morgan fingerprint density at radius 1 is 1.32 bits per heavy atom. The van der Waals surface area contributed by atoms with Crippen molar-refractivity contribution in [3.05, 3.63) is 41.7 Å². The van der Waals surface area contributed by atoms with E-state index in [2.05, 4.69) is 10.4 Å². The maximum atomic E-state index is 12.1. The zero-order chi connectivity index (χ0) is 15.9. The quantitative estimate of drug-likeness (QED) is 0.794. The van der Waals surface area contributed by atoms with Crippen molar-refractivity contribution in [2.45, 2.75) is 13.3 Å². The second kappa shape index (κ2) is 7.61. The summed E-state index contributed by atoms with van der Waals surface area (Å²) < 4.78 is 11.9. The number of hydrogen-bond donors (Lipinski definition) is 1. The number of aromatic nitrogens is 2. The number of nitrogens with one attached hydrogen (secondary N) is 1. The van der Waals surface area contributed by atoms with Crippen LogP contribution < -0.4 is 10.1 Å². The number of carbonyl (C=O) groups excluding carboxylic acids is 1. The van der Waals surface area contributed by atoms with Crippen molar-refractivity contribution in [1.29, 1.82) is 0 Å². The molecule has 0 bridgehead atoms. The molecule has 22 heavy (non-hydrogen) atoms. The minimum Gasteiger partial charge on any atom is -0.497 e. The monoisotopic (exact) mass is 303 g/mol. The lowest BCUT2D eigenvalue weighted by Crippen LogP contribution is -2.25. The van der Waals surface area contributed by atoms with E-state index in [4.69, 9.17) is 9.47 Å². The van der Waals surface area contributed by atoms with Gasteiger partial charge in [0.15, 0.2) is 5.69 Å². The molecule has 0 aliphatic rings. The van der Waals surface area contributed by atoms with Crippen molar-refractivity contribution in [1.82, 2.24) is 15.1 Å². The molecule has 1 aromatic heterocycles. The van der Waals surface area contributed by atoms with Gasteiger partial charge in [0.25, 0.3) is 5.91 Å². The second-order valence-electron chi connectivity index (χ2n) is 4.89. The molecule has 1 amide bonds. The summed E-state index contributed by atoms with van der Waals surface area (Å²) >= 11 is 0. The van der Waals surface area contributed by atoms with Crippen LogP contribution >= 0.6 is 0 Å². The predicted octanol–water partition coefficient (Wildman–Crippen LogP) is 1.96. The first-order valence-electron chi connectivity index (χ1n) is 7.14. The highest BCUT2D eigenvalue weighted by atomic mass is 16.5. The van der Waals surface area contributed by atoms with Crippen LogP contribution in [-0.4, -0.2) is 43.1 Å². The summed E-state index contributed by atoms with van der Waals surface area (Å²) in [5, 5.41) is 7.20. The summed E-state index contributed by atoms with van der Waals surface area (Å²) in [6, 6.07) is 9.32. The molecule has 118 valence electrons. The first-order chi connectivity index (χ1) is 10.7. The van der Waals surface area contributed by atoms with Gasteiger partial charge in [0.1, 0.15) is 5.75 Å². The third-order valence-corrected chi connectivity index (χ3v) is 3.23. The van der Waals surface area contributed by atoms with E-state index in [1.807, 2.05) is 31.2 Å². The van der Waals surface area contributed by atoms with E-state index in [9.17, 15) is 4.79 Å². The molecule has 1 heterocycles. The molecule has 6 heteroatoms. The van der Waals surface area contributed by atoms with E-state index in [1.165, 1.54) is 0 Å². The summed E-state index contributed by atoms with van der Waals surface area (Å²) in [7, 11) is 3.26. The highest BCUT2D eigenvalue weighted by molar-refractivity contribution is 5.92. The standard InChI is InChI=1S/C16H21N3O3/c1-12-10-15(16(20)17-8-5-9-21-2)18-19(12)13-6-4-7-14(11-13)22-3/h4,6-7,10-11H,5,8-9H2,1-3H3,(H,17,20). The Bertz CT molecular complexity index is 637. The molecular formula is C16H21N3O3. The number of ether oxygens (including phenoxy) is 2. The molecule has 0 atom stereocenters. The normalized spacial score (nSPS) is 10.5. The zero-order valence-corrected chi connectivity index (χ0v) is 13.1. The molecule has 0 aliphatic heterocycles. The van der Waals surface area contributed by atoms with Gasteiger partial charge in [0.05, 0.1) is 12.8 Å². The van der Waals surface area contributed by atoms with Gasteiger partial charge in [-0.2, -0.15) is 5.10 Å². The van der Waals surface area contributed by atoms with E-state index >= 15 is 0 Å². The van der Waals surface area contributed by atoms with Crippen LogP contribution in [0.5, 0.6) is 5.75 Å². The second-order valence-corrected chi connectivity index (χ2v) is 4.89. The van der Waals surface area contributed by atoms with Gasteiger partial charge in [0, 0.05) is 32.0 Å². The Morgan fingerprint density at radius 2 is 2.14 bits per heavy atom. The van der Waals surface area contributed by atoms with Crippen molar-refractivity contribution in [2.75, 3.05) is 27.4 Å². The lowest BCUT2D eigenvalue weighted by atomic mass is 10.3. The summed E-state index contributed by atoms with van der Waals surface area (Å²) in [5.74, 6) is 0.568. The van der Waals surface area contributed by atoms with Crippen LogP contribution in [0.3, 0.4) is 0 Å². The number of hydrogen-bond acceptors (Lipinski definition) is 4. The van der Waals surface area contributed by atoms with Gasteiger partial charge in [-0.1, -0.05) is 6.07 Å². The molecule has 1 N–H and O–H groups in total. The fraction of sp³-hybridized carbons (Fsp3) is 0.375. The van der Waals surface area contributed by atoms with Crippen LogP contribution in [0.2, 0.25) is 0 Å². The van der Waals surface area contributed by atoms with Crippen LogP contribution in [0.15, 0.2) is 30.3 Å². The molecule has 0 unspecified atom stereocenters. The van der Waals surface area contributed by atoms with Crippen LogP contribution in [-0.2, 0) is 4.74 Å². The van der Waals surface area contributed by atoms with Crippen molar-refractivity contribution < 1.29 is 14.3 Å². The number of methoxy groups -OCH3 is 2. The maximum absolute atomic E-state index is 12.1. The van der Waals surface area contributed by atoms with E-state index in [-0.39, 0.29) is 5.91 Å². The smallest absolute Gasteiger partial charge is 0.271 e. The highest BCUT2D eigenvalue weighted by Crippen LogP contribution is 2.18. The molecule has 0 spiro atoms. The van der Waals surface area contributed by atoms with Crippen LogP contribution in [0.1, 0.15) is 22.6 Å². The average molecular weight is 303 g/mol. The van der Waals surface area contributed by atoms with Crippen molar-refractivity contribution in [3.63, 3.8) is 0 Å². The molecule has 1 aromatic carbocycles. The molecular weight excluding hydrogens is 282 g/mol. The molecule has 2 aromatic rings. The lowest BCUT2D eigenvalue weighted by molar-refractivity contribution is 0.0943. The summed E-state index contributed by atoms with van der Waals surface area (Å²) in [4.78, 5) is 12.1. The van der Waals surface area contributed by atoms with E-state index in [1.54, 1.807) is 25.0 Å². The summed E-state index contributed by atoms with van der Waals surface area (Å²) in [5.41, 5.74) is 2.14. The van der Waals surface area contributed by atoms with E-state index < -0.39 is 0 Å². The Kier molecular flexibility index (Phi) is 5.55. The third kappa shape index (κ3) is 3.85. The Balaban J connectivity index is 2.12. The molecule has 0 fully saturated rings. The first kappa shape index (κ1) is 16.0. The number of rotatable bonds is 7. The van der Waals surface area contributed by atoms with E-state index in [0.717, 1.165) is 23.6 Å². The van der Waals surface area contributed by atoms with E-state index in [0.29, 0.717) is 18.8 Å². The molecule has 0 radical (unpaired) electrons. The Labute approximate surface area is 130 Å². The Hall–Kier alpha value is -2.34. The van der Waals surface area contributed by atoms with Gasteiger partial charge >= 0.3 is 0 Å². The van der Waals surface area contributed by atoms with Crippen molar-refractivity contribution >= 4 is 5.91 Å². The minimum absolute atomic E-state index is 0.180. The van der Waals surface area contributed by atoms with Gasteiger partial charge in [-0.15, -0.1) is 0 Å². The fourth-order valence-corrected chi connectivity index (χ4v) is 2.10. The number of benzene rings is 1. The van der Waals surface area contributed by atoms with Crippen LogP contribution in [0.25, 0.3) is 5.69 Å². The maximum Gasteiger partial charge on any atom is 0.271 e. The van der Waals surface area contributed by atoms with Gasteiger partial charge in [-0.25, -0.2) is 4.68 Å². The predicted molar refractivity (Wildman–Crippen MR) is 83.7 cm³/mol. The van der Waals surface area contributed by atoms with Crippen molar-refractivity contribution in [3.8, 4) is 11.4 Å². The van der Waals surface area contributed by atoms with Gasteiger partial charge < -0.3 is 14.8 Å². The Morgan fingerprint density at radius 3 is 2.86 bits per heavy atom. The number of aryl methyl sites for hydroxylation is 1. The van der Waals surface area contributed by atoms with Crippen LogP contribution in [0, 0.1) is 6.92 Å². The number of carbonyl (C=O) groups is 1. The third-order valence-electron chi connectivity index (χ3n) is 3.23. The number of amides is 1. The van der Waals surface area contributed by atoms with Crippen LogP contribution in [0.4, 0.5) is 0 Å². The minimum atomic E-state index is -0.180. The summed E-state index contributed by atoms with van der Waals surface area (Å²) in [6.07, 6.45) is 0.776. The van der Waals surface area contributed by atoms with Gasteiger partial charge in [-0.3, -0.25) is 4.79 Å².